The number of hydrogen-bond donors (Lipinski definition) is 3. The van der Waals surface area contributed by atoms with Crippen molar-refractivity contribution in [2.75, 3.05) is 5.73 Å². The van der Waals surface area contributed by atoms with Gasteiger partial charge in [0.15, 0.2) is 0 Å². The Labute approximate surface area is 95.6 Å². The molecule has 14 heavy (non-hydrogen) atoms. The molecule has 1 aromatic rings. The van der Waals surface area contributed by atoms with Gasteiger partial charge in [-0.15, -0.1) is 0 Å². The second-order valence-corrected chi connectivity index (χ2v) is 4.11. The molecule has 0 aliphatic rings. The first-order valence-electron chi connectivity index (χ1n) is 4.05. The Kier molecular flexibility index (Phi) is 3.56. The van der Waals surface area contributed by atoms with E-state index in [-0.39, 0.29) is 6.04 Å². The highest BCUT2D eigenvalue weighted by atomic mass is 127. The minimum Gasteiger partial charge on any atom is -0.465 e. The summed E-state index contributed by atoms with van der Waals surface area (Å²) in [5.41, 5.74) is 7.26. The van der Waals surface area contributed by atoms with E-state index < -0.39 is 6.09 Å². The van der Waals surface area contributed by atoms with Gasteiger partial charge < -0.3 is 16.2 Å². The van der Waals surface area contributed by atoms with Crippen molar-refractivity contribution in [1.82, 2.24) is 5.32 Å². The summed E-state index contributed by atoms with van der Waals surface area (Å²) in [5.74, 6) is 0. The molecule has 0 aliphatic heterocycles. The third kappa shape index (κ3) is 2.76. The van der Waals surface area contributed by atoms with Gasteiger partial charge in [-0.2, -0.15) is 0 Å². The van der Waals surface area contributed by atoms with E-state index >= 15 is 0 Å². The van der Waals surface area contributed by atoms with E-state index in [9.17, 15) is 4.79 Å². The third-order valence-electron chi connectivity index (χ3n) is 1.86. The first-order chi connectivity index (χ1) is 6.50. The molecule has 76 valence electrons. The summed E-state index contributed by atoms with van der Waals surface area (Å²) in [7, 11) is 0. The maximum atomic E-state index is 10.4. The molecule has 1 aromatic carbocycles. The van der Waals surface area contributed by atoms with Crippen LogP contribution in [-0.2, 0) is 0 Å². The van der Waals surface area contributed by atoms with Crippen molar-refractivity contribution in [2.45, 2.75) is 13.0 Å². The van der Waals surface area contributed by atoms with Gasteiger partial charge in [-0.25, -0.2) is 4.79 Å². The molecular weight excluding hydrogens is 295 g/mol. The molecule has 0 saturated carbocycles. The highest BCUT2D eigenvalue weighted by Gasteiger charge is 2.08. The van der Waals surface area contributed by atoms with Crippen LogP contribution in [0.4, 0.5) is 10.5 Å². The van der Waals surface area contributed by atoms with E-state index in [1.807, 2.05) is 12.1 Å². The van der Waals surface area contributed by atoms with E-state index in [0.29, 0.717) is 5.69 Å². The molecule has 4 N–H and O–H groups in total. The number of carboxylic acid groups (broad SMARTS) is 1. The normalized spacial score (nSPS) is 12.1. The van der Waals surface area contributed by atoms with Crippen LogP contribution in [0.3, 0.4) is 0 Å². The lowest BCUT2D eigenvalue weighted by Crippen LogP contribution is -2.24. The molecule has 1 atom stereocenters. The fourth-order valence-electron chi connectivity index (χ4n) is 1.08. The van der Waals surface area contributed by atoms with Crippen molar-refractivity contribution in [3.8, 4) is 0 Å². The van der Waals surface area contributed by atoms with Crippen LogP contribution >= 0.6 is 22.6 Å². The number of nitrogen functional groups attached to an aromatic ring is 1. The maximum Gasteiger partial charge on any atom is 0.405 e. The van der Waals surface area contributed by atoms with E-state index in [2.05, 4.69) is 27.9 Å². The summed E-state index contributed by atoms with van der Waals surface area (Å²) in [4.78, 5) is 10.4. The number of amides is 1. The highest BCUT2D eigenvalue weighted by Crippen LogP contribution is 2.20. The number of carbonyl (C=O) groups is 1. The van der Waals surface area contributed by atoms with Gasteiger partial charge in [-0.05, 0) is 47.2 Å². The van der Waals surface area contributed by atoms with E-state index in [4.69, 9.17) is 10.8 Å². The number of nitrogens with two attached hydrogens (primary N) is 1. The molecule has 5 heteroatoms. The van der Waals surface area contributed by atoms with Crippen LogP contribution < -0.4 is 11.1 Å². The van der Waals surface area contributed by atoms with Gasteiger partial charge in [0, 0.05) is 9.26 Å². The second kappa shape index (κ2) is 4.50. The van der Waals surface area contributed by atoms with Crippen molar-refractivity contribution in [2.24, 2.45) is 0 Å². The lowest BCUT2D eigenvalue weighted by atomic mass is 10.1. The van der Waals surface area contributed by atoms with Crippen LogP contribution in [0.2, 0.25) is 0 Å². The van der Waals surface area contributed by atoms with Crippen LogP contribution in [-0.4, -0.2) is 11.2 Å². The summed E-state index contributed by atoms with van der Waals surface area (Å²) >= 11 is 2.12. The molecule has 1 rings (SSSR count). The predicted octanol–water partition coefficient (Wildman–Crippen LogP) is 2.20. The summed E-state index contributed by atoms with van der Waals surface area (Å²) in [5, 5.41) is 10.9. The number of anilines is 1. The summed E-state index contributed by atoms with van der Waals surface area (Å²) in [6.45, 7) is 1.79. The minimum absolute atomic E-state index is 0.221. The van der Waals surface area contributed by atoms with Crippen molar-refractivity contribution in [1.29, 1.82) is 0 Å². The standard InChI is InChI=1S/C9H11IN2O2/c1-5(12-9(13)14)6-2-3-8(11)7(10)4-6/h2-5,12H,11H2,1H3,(H,13,14). The molecule has 0 radical (unpaired) electrons. The molecule has 0 aromatic heterocycles. The Bertz CT molecular complexity index is 355. The maximum absolute atomic E-state index is 10.4. The average molecular weight is 306 g/mol. The molecular formula is C9H11IN2O2. The first kappa shape index (κ1) is 11.1. The van der Waals surface area contributed by atoms with E-state index in [1.165, 1.54) is 0 Å². The summed E-state index contributed by atoms with van der Waals surface area (Å²) < 4.78 is 0.930. The minimum atomic E-state index is -1.02. The van der Waals surface area contributed by atoms with E-state index in [0.717, 1.165) is 9.13 Å². The monoisotopic (exact) mass is 306 g/mol. The molecule has 0 aliphatic carbocycles. The number of benzene rings is 1. The SMILES string of the molecule is CC(NC(=O)O)c1ccc(N)c(I)c1. The molecule has 1 amide bonds. The fourth-order valence-corrected chi connectivity index (χ4v) is 1.62. The largest absolute Gasteiger partial charge is 0.465 e. The van der Waals surface area contributed by atoms with E-state index in [1.54, 1.807) is 13.0 Å². The zero-order valence-electron chi connectivity index (χ0n) is 7.62. The van der Waals surface area contributed by atoms with Crippen LogP contribution in [0, 0.1) is 3.57 Å². The van der Waals surface area contributed by atoms with Crippen molar-refractivity contribution < 1.29 is 9.90 Å². The molecule has 0 heterocycles. The third-order valence-corrected chi connectivity index (χ3v) is 2.80. The molecule has 1 unspecified atom stereocenters. The van der Waals surface area contributed by atoms with Crippen LogP contribution in [0.15, 0.2) is 18.2 Å². The van der Waals surface area contributed by atoms with Crippen molar-refractivity contribution in [3.05, 3.63) is 27.3 Å². The topological polar surface area (TPSA) is 75.3 Å². The van der Waals surface area contributed by atoms with Crippen molar-refractivity contribution >= 4 is 34.4 Å². The number of nitrogens with one attached hydrogen (secondary N) is 1. The first-order valence-corrected chi connectivity index (χ1v) is 5.13. The Morgan fingerprint density at radius 1 is 1.64 bits per heavy atom. The molecule has 0 saturated heterocycles. The molecule has 0 spiro atoms. The molecule has 0 fully saturated rings. The average Bonchev–Trinajstić information content (AvgIpc) is 2.08. The summed E-state index contributed by atoms with van der Waals surface area (Å²) in [6.07, 6.45) is -1.02. The Morgan fingerprint density at radius 2 is 2.29 bits per heavy atom. The number of hydrogen-bond acceptors (Lipinski definition) is 2. The molecule has 4 nitrogen and oxygen atoms in total. The van der Waals surface area contributed by atoms with Gasteiger partial charge in [0.2, 0.25) is 0 Å². The van der Waals surface area contributed by atoms with Crippen LogP contribution in [0.25, 0.3) is 0 Å². The molecule has 0 bridgehead atoms. The summed E-state index contributed by atoms with van der Waals surface area (Å²) in [6, 6.07) is 5.24. The lowest BCUT2D eigenvalue weighted by molar-refractivity contribution is 0.191. The zero-order chi connectivity index (χ0) is 10.7. The van der Waals surface area contributed by atoms with Gasteiger partial charge in [-0.3, -0.25) is 0 Å². The fraction of sp³-hybridized carbons (Fsp3) is 0.222. The Hall–Kier alpha value is -0.980. The number of rotatable bonds is 2. The lowest BCUT2D eigenvalue weighted by Gasteiger charge is -2.12. The number of halogens is 1. The quantitative estimate of drug-likeness (QED) is 0.579. The van der Waals surface area contributed by atoms with Gasteiger partial charge >= 0.3 is 6.09 Å². The Balaban J connectivity index is 2.85. The Morgan fingerprint density at radius 3 is 2.79 bits per heavy atom. The van der Waals surface area contributed by atoms with Gasteiger partial charge in [-0.1, -0.05) is 6.07 Å². The van der Waals surface area contributed by atoms with Gasteiger partial charge in [0.25, 0.3) is 0 Å². The second-order valence-electron chi connectivity index (χ2n) is 2.95. The van der Waals surface area contributed by atoms with Crippen LogP contribution in [0.1, 0.15) is 18.5 Å². The van der Waals surface area contributed by atoms with Gasteiger partial charge in [0.1, 0.15) is 0 Å². The zero-order valence-corrected chi connectivity index (χ0v) is 9.78. The predicted molar refractivity (Wildman–Crippen MR) is 63.1 cm³/mol. The van der Waals surface area contributed by atoms with Gasteiger partial charge in [0.05, 0.1) is 6.04 Å². The van der Waals surface area contributed by atoms with Crippen LogP contribution in [0.5, 0.6) is 0 Å². The highest BCUT2D eigenvalue weighted by molar-refractivity contribution is 14.1. The van der Waals surface area contributed by atoms with Crippen molar-refractivity contribution in [3.63, 3.8) is 0 Å². The smallest absolute Gasteiger partial charge is 0.405 e.